The van der Waals surface area contributed by atoms with Crippen LogP contribution in [0.2, 0.25) is 0 Å². The molecule has 1 N–H and O–H groups in total. The van der Waals surface area contributed by atoms with E-state index in [1.807, 2.05) is 0 Å². The van der Waals surface area contributed by atoms with Gasteiger partial charge < -0.3 is 5.32 Å². The quantitative estimate of drug-likeness (QED) is 0.617. The van der Waals surface area contributed by atoms with Crippen molar-refractivity contribution in [1.82, 2.24) is 0 Å². The van der Waals surface area contributed by atoms with E-state index in [1.165, 1.54) is 24.1 Å². The third kappa shape index (κ3) is 1.45. The molecule has 2 rings (SSSR count). The molecule has 12 heavy (non-hydrogen) atoms. The zero-order valence-electron chi connectivity index (χ0n) is 7.51. The predicted octanol–water partition coefficient (Wildman–Crippen LogP) is 2.68. The van der Waals surface area contributed by atoms with Crippen LogP contribution in [0.1, 0.15) is 18.9 Å². The van der Waals surface area contributed by atoms with Crippen molar-refractivity contribution in [2.24, 2.45) is 5.92 Å². The van der Waals surface area contributed by atoms with Crippen LogP contribution in [0.15, 0.2) is 24.3 Å². The number of fused-ring (bicyclic) bond motifs is 1. The summed E-state index contributed by atoms with van der Waals surface area (Å²) in [7, 11) is 0. The number of aryl methyl sites for hydroxylation is 1. The van der Waals surface area contributed by atoms with Gasteiger partial charge in [0, 0.05) is 12.2 Å². The van der Waals surface area contributed by atoms with Crippen molar-refractivity contribution in [2.75, 3.05) is 11.9 Å². The monoisotopic (exact) mass is 161 g/mol. The fourth-order valence-corrected chi connectivity index (χ4v) is 1.70. The van der Waals surface area contributed by atoms with E-state index in [4.69, 9.17) is 0 Å². The summed E-state index contributed by atoms with van der Waals surface area (Å²) < 4.78 is 0. The second-order valence-corrected chi connectivity index (χ2v) is 3.68. The van der Waals surface area contributed by atoms with Gasteiger partial charge >= 0.3 is 0 Å². The Labute approximate surface area is 73.8 Å². The van der Waals surface area contributed by atoms with Crippen LogP contribution < -0.4 is 5.32 Å². The molecule has 0 radical (unpaired) electrons. The number of benzene rings is 1. The van der Waals surface area contributed by atoms with E-state index in [2.05, 4.69) is 36.5 Å². The molecule has 0 aromatic heterocycles. The summed E-state index contributed by atoms with van der Waals surface area (Å²) in [5.74, 6) is 0.803. The molecule has 1 nitrogen and oxygen atoms in total. The number of nitrogens with one attached hydrogen (secondary N) is 1. The summed E-state index contributed by atoms with van der Waals surface area (Å²) in [4.78, 5) is 0. The standard InChI is InChI=1S/C11H15N/c1-9-6-7-10-4-2-3-5-11(10)12-8-9/h2-5,9,12H,6-8H2,1H3. The molecular formula is C11H15N. The van der Waals surface area contributed by atoms with E-state index in [9.17, 15) is 0 Å². The van der Waals surface area contributed by atoms with E-state index in [-0.39, 0.29) is 0 Å². The molecule has 1 aliphatic heterocycles. The highest BCUT2D eigenvalue weighted by Gasteiger charge is 2.10. The van der Waals surface area contributed by atoms with Gasteiger partial charge in [-0.25, -0.2) is 0 Å². The Morgan fingerprint density at radius 3 is 3.08 bits per heavy atom. The van der Waals surface area contributed by atoms with Gasteiger partial charge in [-0.3, -0.25) is 0 Å². The molecule has 1 aliphatic rings. The van der Waals surface area contributed by atoms with Crippen LogP contribution in [0.5, 0.6) is 0 Å². The van der Waals surface area contributed by atoms with Gasteiger partial charge in [0.25, 0.3) is 0 Å². The summed E-state index contributed by atoms with van der Waals surface area (Å²) in [6, 6.07) is 8.62. The minimum atomic E-state index is 0.803. The van der Waals surface area contributed by atoms with Crippen molar-refractivity contribution >= 4 is 5.69 Å². The smallest absolute Gasteiger partial charge is 0.0372 e. The van der Waals surface area contributed by atoms with Crippen LogP contribution in [-0.4, -0.2) is 6.54 Å². The lowest BCUT2D eigenvalue weighted by atomic mass is 10.0. The van der Waals surface area contributed by atoms with Gasteiger partial charge in [0.05, 0.1) is 0 Å². The van der Waals surface area contributed by atoms with E-state index in [1.54, 1.807) is 0 Å². The number of rotatable bonds is 0. The fraction of sp³-hybridized carbons (Fsp3) is 0.455. The first-order valence-corrected chi connectivity index (χ1v) is 4.68. The molecule has 0 saturated heterocycles. The Kier molecular flexibility index (Phi) is 2.03. The maximum atomic E-state index is 3.47. The maximum Gasteiger partial charge on any atom is 0.0372 e. The third-order valence-electron chi connectivity index (χ3n) is 2.56. The first-order chi connectivity index (χ1) is 5.86. The molecule has 1 aromatic rings. The first kappa shape index (κ1) is 7.66. The molecular weight excluding hydrogens is 146 g/mol. The van der Waals surface area contributed by atoms with Gasteiger partial charge in [-0.05, 0) is 30.4 Å². The average Bonchev–Trinajstić information content (AvgIpc) is 2.29. The topological polar surface area (TPSA) is 12.0 Å². The van der Waals surface area contributed by atoms with Crippen LogP contribution in [-0.2, 0) is 6.42 Å². The summed E-state index contributed by atoms with van der Waals surface area (Å²) in [5.41, 5.74) is 2.81. The van der Waals surface area contributed by atoms with Crippen molar-refractivity contribution in [2.45, 2.75) is 19.8 Å². The highest BCUT2D eigenvalue weighted by Crippen LogP contribution is 2.22. The molecule has 1 atom stereocenters. The van der Waals surface area contributed by atoms with Gasteiger partial charge in [0.1, 0.15) is 0 Å². The number of hydrogen-bond donors (Lipinski definition) is 1. The van der Waals surface area contributed by atoms with Crippen molar-refractivity contribution < 1.29 is 0 Å². The largest absolute Gasteiger partial charge is 0.385 e. The lowest BCUT2D eigenvalue weighted by molar-refractivity contribution is 0.571. The lowest BCUT2D eigenvalue weighted by Gasteiger charge is -2.07. The first-order valence-electron chi connectivity index (χ1n) is 4.68. The summed E-state index contributed by atoms with van der Waals surface area (Å²) in [6.45, 7) is 3.43. The molecule has 0 aliphatic carbocycles. The zero-order valence-corrected chi connectivity index (χ0v) is 7.51. The number of anilines is 1. The van der Waals surface area contributed by atoms with Gasteiger partial charge in [-0.1, -0.05) is 25.1 Å². The van der Waals surface area contributed by atoms with Crippen LogP contribution in [0.25, 0.3) is 0 Å². The molecule has 1 unspecified atom stereocenters. The summed E-state index contributed by atoms with van der Waals surface area (Å²) >= 11 is 0. The van der Waals surface area contributed by atoms with Crippen molar-refractivity contribution in [3.63, 3.8) is 0 Å². The summed E-state index contributed by atoms with van der Waals surface area (Å²) in [5, 5.41) is 3.47. The molecule has 1 heteroatoms. The highest BCUT2D eigenvalue weighted by atomic mass is 14.9. The molecule has 0 spiro atoms. The van der Waals surface area contributed by atoms with Crippen LogP contribution in [0.3, 0.4) is 0 Å². The SMILES string of the molecule is CC1CCc2ccccc2NC1. The second kappa shape index (κ2) is 3.18. The van der Waals surface area contributed by atoms with E-state index >= 15 is 0 Å². The van der Waals surface area contributed by atoms with E-state index in [0.717, 1.165) is 12.5 Å². The molecule has 0 saturated carbocycles. The number of para-hydroxylation sites is 1. The fourth-order valence-electron chi connectivity index (χ4n) is 1.70. The molecule has 0 amide bonds. The minimum absolute atomic E-state index is 0.803. The minimum Gasteiger partial charge on any atom is -0.385 e. The highest BCUT2D eigenvalue weighted by molar-refractivity contribution is 5.51. The van der Waals surface area contributed by atoms with Gasteiger partial charge in [-0.2, -0.15) is 0 Å². The van der Waals surface area contributed by atoms with E-state index < -0.39 is 0 Å². The maximum absolute atomic E-state index is 3.47. The lowest BCUT2D eigenvalue weighted by Crippen LogP contribution is -2.08. The Bertz CT molecular complexity index is 240. The molecule has 1 aromatic carbocycles. The Morgan fingerprint density at radius 2 is 2.17 bits per heavy atom. The number of hydrogen-bond acceptors (Lipinski definition) is 1. The second-order valence-electron chi connectivity index (χ2n) is 3.68. The van der Waals surface area contributed by atoms with Crippen molar-refractivity contribution in [3.05, 3.63) is 29.8 Å². The van der Waals surface area contributed by atoms with Crippen molar-refractivity contribution in [1.29, 1.82) is 0 Å². The molecule has 0 bridgehead atoms. The van der Waals surface area contributed by atoms with Gasteiger partial charge in [0.2, 0.25) is 0 Å². The Balaban J connectivity index is 2.26. The van der Waals surface area contributed by atoms with Crippen LogP contribution in [0, 0.1) is 5.92 Å². The van der Waals surface area contributed by atoms with Crippen molar-refractivity contribution in [3.8, 4) is 0 Å². The van der Waals surface area contributed by atoms with Crippen LogP contribution >= 0.6 is 0 Å². The molecule has 0 fully saturated rings. The summed E-state index contributed by atoms with van der Waals surface area (Å²) in [6.07, 6.45) is 2.54. The molecule has 64 valence electrons. The van der Waals surface area contributed by atoms with Gasteiger partial charge in [-0.15, -0.1) is 0 Å². The van der Waals surface area contributed by atoms with Crippen LogP contribution in [0.4, 0.5) is 5.69 Å². The average molecular weight is 161 g/mol. The predicted molar refractivity (Wildman–Crippen MR) is 52.4 cm³/mol. The van der Waals surface area contributed by atoms with E-state index in [0.29, 0.717) is 0 Å². The Hall–Kier alpha value is -0.980. The zero-order chi connectivity index (χ0) is 8.39. The molecule has 1 heterocycles. The third-order valence-corrected chi connectivity index (χ3v) is 2.56. The normalized spacial score (nSPS) is 22.2. The van der Waals surface area contributed by atoms with Gasteiger partial charge in [0.15, 0.2) is 0 Å². The Morgan fingerprint density at radius 1 is 1.33 bits per heavy atom.